The van der Waals surface area contributed by atoms with Crippen LogP contribution in [0.15, 0.2) is 72.2 Å². The van der Waals surface area contributed by atoms with E-state index in [4.69, 9.17) is 30.5 Å². The summed E-state index contributed by atoms with van der Waals surface area (Å²) in [4.78, 5) is 74.6. The zero-order valence-electron chi connectivity index (χ0n) is 44.4. The number of carbonyl (C=O) groups excluding carboxylic acids is 5. The average molecular weight is 1050 g/mol. The summed E-state index contributed by atoms with van der Waals surface area (Å²) in [6.45, 7) is 21.7. The zero-order valence-corrected chi connectivity index (χ0v) is 46.0. The number of anilines is 1. The second-order valence-corrected chi connectivity index (χ2v) is 23.1. The van der Waals surface area contributed by atoms with Crippen LogP contribution in [0.25, 0.3) is 10.4 Å². The largest absolute Gasteiger partial charge is 0.508 e. The molecule has 0 bridgehead atoms. The van der Waals surface area contributed by atoms with E-state index in [0.717, 1.165) is 40.2 Å². The summed E-state index contributed by atoms with van der Waals surface area (Å²) in [6, 6.07) is 19.7. The lowest BCUT2D eigenvalue weighted by Gasteiger charge is -2.63. The van der Waals surface area contributed by atoms with Gasteiger partial charge in [-0.05, 0) is 99.9 Å². The molecule has 16 nitrogen and oxygen atoms in total. The molecule has 1 unspecified atom stereocenters. The predicted molar refractivity (Wildman–Crippen MR) is 286 cm³/mol. The molecule has 398 valence electrons. The van der Waals surface area contributed by atoms with E-state index in [-0.39, 0.29) is 48.5 Å². The summed E-state index contributed by atoms with van der Waals surface area (Å²) in [5, 5.41) is 22.1. The molecule has 0 radical (unpaired) electrons. The van der Waals surface area contributed by atoms with Gasteiger partial charge in [-0.15, -0.1) is 11.3 Å². The number of carbonyl (C=O) groups is 5. The summed E-state index contributed by atoms with van der Waals surface area (Å²) in [7, 11) is 0. The van der Waals surface area contributed by atoms with Crippen molar-refractivity contribution in [3.63, 3.8) is 0 Å². The van der Waals surface area contributed by atoms with Crippen LogP contribution in [0.5, 0.6) is 5.75 Å². The number of nitrogens with one attached hydrogen (secondary N) is 4. The van der Waals surface area contributed by atoms with E-state index in [2.05, 4.69) is 60.0 Å². The van der Waals surface area contributed by atoms with Gasteiger partial charge < -0.3 is 45.1 Å². The van der Waals surface area contributed by atoms with Gasteiger partial charge in [-0.3, -0.25) is 19.2 Å². The van der Waals surface area contributed by atoms with Crippen LogP contribution < -0.4 is 26.0 Å². The number of ether oxygens (including phenoxy) is 4. The van der Waals surface area contributed by atoms with E-state index in [0.29, 0.717) is 41.5 Å². The van der Waals surface area contributed by atoms with Crippen LogP contribution in [-0.4, -0.2) is 102 Å². The number of thiazole rings is 1. The molecule has 2 aliphatic rings. The van der Waals surface area contributed by atoms with Crippen molar-refractivity contribution in [1.29, 1.82) is 5.26 Å². The van der Waals surface area contributed by atoms with Crippen LogP contribution in [-0.2, 0) is 28.6 Å². The van der Waals surface area contributed by atoms with Crippen molar-refractivity contribution in [3.05, 3.63) is 99.6 Å². The smallest absolute Gasteiger partial charge is 0.489 e. The number of aryl methyl sites for hydroxylation is 1. The minimum atomic E-state index is -1.03. The first kappa shape index (κ1) is 57.1. The summed E-state index contributed by atoms with van der Waals surface area (Å²) >= 11 is 7.81. The van der Waals surface area contributed by atoms with Gasteiger partial charge >= 0.3 is 6.16 Å². The molecule has 2 fully saturated rings. The summed E-state index contributed by atoms with van der Waals surface area (Å²) in [5.41, 5.74) is 4.92. The Balaban J connectivity index is 0.935. The van der Waals surface area contributed by atoms with Crippen LogP contribution in [0.2, 0.25) is 5.02 Å². The molecule has 3 aromatic carbocycles. The Bertz CT molecular complexity index is 2640. The number of likely N-dealkylation sites (tertiary alicyclic amines) is 1. The highest BCUT2D eigenvalue weighted by Crippen LogP contribution is 2.55. The van der Waals surface area contributed by atoms with Gasteiger partial charge in [0.05, 0.1) is 45.4 Å². The van der Waals surface area contributed by atoms with Crippen LogP contribution in [0.3, 0.4) is 0 Å². The molecule has 1 aliphatic heterocycles. The maximum atomic E-state index is 14.5. The molecule has 0 spiro atoms. The highest BCUT2D eigenvalue weighted by atomic mass is 35.5. The van der Waals surface area contributed by atoms with Gasteiger partial charge in [-0.1, -0.05) is 84.3 Å². The summed E-state index contributed by atoms with van der Waals surface area (Å²) < 4.78 is 22.9. The SMILES string of the molecule is Cc1ncsc1-c1ccc(C(C)NC(=O)[C@@H]2C[C@@H](OC(=O)OC(C)C)CN2C(=O)[C@@H](NC(=O)COCCCCCNc2ccc(C(=O)NC3C(C)(C)C(Oc4ccc(C#N)c(Cl)c4)C3(C)C)cc2)C(C)(C)C)cc1. The Morgan fingerprint density at radius 3 is 2.23 bits per heavy atom. The lowest BCUT2D eigenvalue weighted by molar-refractivity contribution is -0.164. The van der Waals surface area contributed by atoms with Crippen LogP contribution in [0.4, 0.5) is 10.5 Å². The highest BCUT2D eigenvalue weighted by Gasteiger charge is 2.64. The van der Waals surface area contributed by atoms with Gasteiger partial charge in [-0.25, -0.2) is 9.78 Å². The van der Waals surface area contributed by atoms with E-state index in [9.17, 15) is 29.2 Å². The second-order valence-electron chi connectivity index (χ2n) is 21.8. The van der Waals surface area contributed by atoms with Crippen molar-refractivity contribution in [2.45, 2.75) is 144 Å². The number of halogens is 1. The molecule has 1 saturated heterocycles. The zero-order chi connectivity index (χ0) is 54.1. The maximum absolute atomic E-state index is 14.5. The van der Waals surface area contributed by atoms with Gasteiger partial charge in [0.2, 0.25) is 17.7 Å². The minimum Gasteiger partial charge on any atom is -0.489 e. The third-order valence-corrected chi connectivity index (χ3v) is 15.0. The van der Waals surface area contributed by atoms with Gasteiger partial charge in [0, 0.05) is 53.8 Å². The summed E-state index contributed by atoms with van der Waals surface area (Å²) in [5.74, 6) is -0.967. The van der Waals surface area contributed by atoms with E-state index < -0.39 is 59.6 Å². The molecule has 18 heteroatoms. The molecule has 6 rings (SSSR count). The lowest BCUT2D eigenvalue weighted by atomic mass is 9.49. The number of hydrogen-bond acceptors (Lipinski definition) is 13. The van der Waals surface area contributed by atoms with Gasteiger partial charge in [0.15, 0.2) is 0 Å². The fourth-order valence-corrected chi connectivity index (χ4v) is 11.1. The number of aromatic nitrogens is 1. The molecule has 1 aliphatic carbocycles. The molecule has 1 aromatic heterocycles. The number of rotatable bonds is 21. The predicted octanol–water partition coefficient (Wildman–Crippen LogP) is 9.79. The number of hydrogen-bond donors (Lipinski definition) is 4. The number of unbranched alkanes of at least 4 members (excludes halogenated alkanes) is 2. The Labute approximate surface area is 444 Å². The first-order valence-corrected chi connectivity index (χ1v) is 26.5. The minimum absolute atomic E-state index is 0.0483. The Morgan fingerprint density at radius 1 is 0.932 bits per heavy atom. The molecule has 4 atom stereocenters. The van der Waals surface area contributed by atoms with Crippen molar-refractivity contribution in [2.75, 3.05) is 31.6 Å². The average Bonchev–Trinajstić information content (AvgIpc) is 3.97. The van der Waals surface area contributed by atoms with E-state index in [1.54, 1.807) is 61.0 Å². The topological polar surface area (TPSA) is 210 Å². The van der Waals surface area contributed by atoms with E-state index in [1.807, 2.05) is 71.0 Å². The molecule has 2 heterocycles. The van der Waals surface area contributed by atoms with Crippen molar-refractivity contribution >= 4 is 58.4 Å². The quantitative estimate of drug-likeness (QED) is 0.0454. The van der Waals surface area contributed by atoms with Crippen LogP contribution >= 0.6 is 22.9 Å². The Hall–Kier alpha value is -6.22. The third kappa shape index (κ3) is 14.1. The first-order valence-electron chi connectivity index (χ1n) is 25.3. The van der Waals surface area contributed by atoms with Gasteiger partial charge in [-0.2, -0.15) is 5.26 Å². The molecule has 4 amide bonds. The number of nitriles is 1. The van der Waals surface area contributed by atoms with E-state index >= 15 is 0 Å². The normalized spacial score (nSPS) is 19.5. The molecule has 4 aromatic rings. The third-order valence-electron chi connectivity index (χ3n) is 13.7. The van der Waals surface area contributed by atoms with E-state index in [1.165, 1.54) is 4.90 Å². The fourth-order valence-electron chi connectivity index (χ4n) is 10.1. The van der Waals surface area contributed by atoms with Crippen LogP contribution in [0, 0.1) is 34.5 Å². The highest BCUT2D eigenvalue weighted by molar-refractivity contribution is 7.13. The van der Waals surface area contributed by atoms with Crippen molar-refractivity contribution in [3.8, 4) is 22.3 Å². The van der Waals surface area contributed by atoms with Crippen molar-refractivity contribution in [2.24, 2.45) is 16.2 Å². The lowest BCUT2D eigenvalue weighted by Crippen LogP contribution is -2.74. The Morgan fingerprint density at radius 2 is 1.62 bits per heavy atom. The fraction of sp³-hybridized carbons (Fsp3) is 0.518. The maximum Gasteiger partial charge on any atom is 0.508 e. The molecule has 4 N–H and O–H groups in total. The number of benzene rings is 3. The molecular formula is C56H72ClN7O9S. The summed E-state index contributed by atoms with van der Waals surface area (Å²) in [6.07, 6.45) is 0.0835. The second kappa shape index (κ2) is 24.4. The molecule has 1 saturated carbocycles. The first-order chi connectivity index (χ1) is 34.9. The number of amides is 4. The van der Waals surface area contributed by atoms with Gasteiger partial charge in [0.1, 0.15) is 42.7 Å². The van der Waals surface area contributed by atoms with Crippen molar-refractivity contribution < 1.29 is 42.9 Å². The molecule has 74 heavy (non-hydrogen) atoms. The van der Waals surface area contributed by atoms with Crippen molar-refractivity contribution in [1.82, 2.24) is 25.8 Å². The Kier molecular flexibility index (Phi) is 18.8. The standard InChI is InChI=1S/C56H72ClN7O9S/c1-33(2)71-53(69)73-42-28-44(49(67)61-34(3)36-15-17-37(18-16-36)46-35(4)60-32-74-46)64(30-42)50(68)47(54(5,6)7)62-45(65)31-70-26-14-12-13-25-59-40-22-19-38(20-23-40)48(66)63-51-55(8,9)52(56(51,10)11)72-41-24-21-39(29-58)43(57)27-41/h15-24,27,32-34,42,44,47,51-52,59H,12-14,25-26,28,30-31H2,1-11H3,(H,61,67)(H,62,65)(H,63,66)/t34?,42-,44+,47-,51?,52?/m1/s1. The monoisotopic (exact) mass is 1050 g/mol. The molecular weight excluding hydrogens is 982 g/mol. The van der Waals surface area contributed by atoms with Crippen LogP contribution in [0.1, 0.15) is 128 Å². The van der Waals surface area contributed by atoms with Gasteiger partial charge in [0.25, 0.3) is 5.91 Å². The number of nitrogens with zero attached hydrogens (tertiary/aromatic N) is 3.